The molecule has 1 rings (SSSR count). The number of imide groups is 1. The molecule has 1 aliphatic rings. The number of carbonyl (C=O) groups is 2. The van der Waals surface area contributed by atoms with E-state index in [4.69, 9.17) is 0 Å². The molecule has 0 aromatic heterocycles. The van der Waals surface area contributed by atoms with Gasteiger partial charge < -0.3 is 0 Å². The van der Waals surface area contributed by atoms with Crippen LogP contribution in [-0.2, 0) is 9.59 Å². The van der Waals surface area contributed by atoms with Gasteiger partial charge >= 0.3 is 0 Å². The van der Waals surface area contributed by atoms with Crippen molar-refractivity contribution in [2.45, 2.75) is 58.8 Å². The summed E-state index contributed by atoms with van der Waals surface area (Å²) in [6.07, 6.45) is 7.54. The molecule has 0 aromatic carbocycles. The van der Waals surface area contributed by atoms with Crippen molar-refractivity contribution < 1.29 is 9.59 Å². The van der Waals surface area contributed by atoms with Crippen LogP contribution in [0.2, 0.25) is 0 Å². The molecular weight excluding hydrogens is 202 g/mol. The lowest BCUT2D eigenvalue weighted by Crippen LogP contribution is -2.31. The molecule has 2 amide bonds. The van der Waals surface area contributed by atoms with E-state index in [0.717, 1.165) is 12.8 Å². The summed E-state index contributed by atoms with van der Waals surface area (Å²) in [5, 5.41) is 0. The maximum absolute atomic E-state index is 11.6. The third-order valence-electron chi connectivity index (χ3n) is 3.20. The van der Waals surface area contributed by atoms with E-state index in [1.807, 2.05) is 6.92 Å². The molecule has 1 heterocycles. The van der Waals surface area contributed by atoms with Gasteiger partial charge in [0.05, 0.1) is 0 Å². The van der Waals surface area contributed by atoms with Crippen molar-refractivity contribution >= 4 is 11.8 Å². The number of rotatable bonds is 7. The minimum atomic E-state index is -0.0902. The number of hydrogen-bond acceptors (Lipinski definition) is 2. The molecule has 0 N–H and O–H groups in total. The molecule has 1 unspecified atom stereocenters. The first-order chi connectivity index (χ1) is 7.66. The highest BCUT2D eigenvalue weighted by Gasteiger charge is 2.34. The fourth-order valence-electron chi connectivity index (χ4n) is 2.13. The van der Waals surface area contributed by atoms with E-state index in [1.54, 1.807) is 0 Å². The van der Waals surface area contributed by atoms with E-state index in [2.05, 4.69) is 6.92 Å². The number of amides is 2. The van der Waals surface area contributed by atoms with Crippen LogP contribution in [0.3, 0.4) is 0 Å². The Kier molecular flexibility index (Phi) is 5.50. The number of likely N-dealkylation sites (tertiary alicyclic amines) is 1. The molecule has 0 aromatic rings. The Morgan fingerprint density at radius 3 is 2.31 bits per heavy atom. The summed E-state index contributed by atoms with van der Waals surface area (Å²) in [5.41, 5.74) is 0. The lowest BCUT2D eigenvalue weighted by Gasteiger charge is -2.13. The van der Waals surface area contributed by atoms with E-state index < -0.39 is 0 Å². The standard InChI is InChI=1S/C13H23NO2/c1-3-4-5-6-7-8-9-14-12(15)10-11(2)13(14)16/h11H,3-10H2,1-2H3. The summed E-state index contributed by atoms with van der Waals surface area (Å²) in [5.74, 6) is -0.0443. The topological polar surface area (TPSA) is 37.4 Å². The van der Waals surface area contributed by atoms with Crippen molar-refractivity contribution in [1.29, 1.82) is 0 Å². The van der Waals surface area contributed by atoms with Gasteiger partial charge in [-0.3, -0.25) is 14.5 Å². The van der Waals surface area contributed by atoms with Gasteiger partial charge in [-0.25, -0.2) is 0 Å². The summed E-state index contributed by atoms with van der Waals surface area (Å²) in [7, 11) is 0. The van der Waals surface area contributed by atoms with Gasteiger partial charge in [-0.15, -0.1) is 0 Å². The summed E-state index contributed by atoms with van der Waals surface area (Å²) in [6, 6.07) is 0. The van der Waals surface area contributed by atoms with Gasteiger partial charge in [0, 0.05) is 18.9 Å². The minimum Gasteiger partial charge on any atom is -0.282 e. The number of nitrogens with zero attached hydrogens (tertiary/aromatic N) is 1. The first-order valence-electron chi connectivity index (χ1n) is 6.51. The van der Waals surface area contributed by atoms with E-state index in [1.165, 1.54) is 30.6 Å². The fraction of sp³-hybridized carbons (Fsp3) is 0.846. The number of hydrogen-bond donors (Lipinski definition) is 0. The zero-order valence-electron chi connectivity index (χ0n) is 10.5. The molecule has 0 radical (unpaired) electrons. The number of carbonyl (C=O) groups excluding carboxylic acids is 2. The monoisotopic (exact) mass is 225 g/mol. The Morgan fingerprint density at radius 2 is 1.75 bits per heavy atom. The Bertz CT molecular complexity index is 250. The number of unbranched alkanes of at least 4 members (excludes halogenated alkanes) is 5. The van der Waals surface area contributed by atoms with Gasteiger partial charge in [0.1, 0.15) is 0 Å². The van der Waals surface area contributed by atoms with Gasteiger partial charge in [0.15, 0.2) is 0 Å². The predicted molar refractivity (Wildman–Crippen MR) is 63.9 cm³/mol. The Hall–Kier alpha value is -0.860. The van der Waals surface area contributed by atoms with Gasteiger partial charge in [-0.2, -0.15) is 0 Å². The van der Waals surface area contributed by atoms with E-state index in [9.17, 15) is 9.59 Å². The SMILES string of the molecule is CCCCCCCCN1C(=O)CC(C)C1=O. The Balaban J connectivity index is 2.13. The summed E-state index contributed by atoms with van der Waals surface area (Å²) in [4.78, 5) is 24.5. The first-order valence-corrected chi connectivity index (χ1v) is 6.51. The summed E-state index contributed by atoms with van der Waals surface area (Å²) < 4.78 is 0. The van der Waals surface area contributed by atoms with Crippen LogP contribution >= 0.6 is 0 Å². The second kappa shape index (κ2) is 6.66. The van der Waals surface area contributed by atoms with Crippen molar-refractivity contribution in [1.82, 2.24) is 4.90 Å². The zero-order valence-corrected chi connectivity index (χ0v) is 10.5. The molecule has 3 nitrogen and oxygen atoms in total. The third kappa shape index (κ3) is 3.62. The van der Waals surface area contributed by atoms with Crippen LogP contribution < -0.4 is 0 Å². The normalized spacial score (nSPS) is 20.9. The largest absolute Gasteiger partial charge is 0.282 e. The molecule has 0 bridgehead atoms. The van der Waals surface area contributed by atoms with Crippen molar-refractivity contribution in [3.05, 3.63) is 0 Å². The van der Waals surface area contributed by atoms with Crippen LogP contribution in [-0.4, -0.2) is 23.3 Å². The van der Waals surface area contributed by atoms with E-state index >= 15 is 0 Å². The van der Waals surface area contributed by atoms with E-state index in [-0.39, 0.29) is 17.7 Å². The van der Waals surface area contributed by atoms with Crippen LogP contribution in [0.5, 0.6) is 0 Å². The molecule has 16 heavy (non-hydrogen) atoms. The highest BCUT2D eigenvalue weighted by atomic mass is 16.2. The summed E-state index contributed by atoms with van der Waals surface area (Å²) in [6.45, 7) is 4.67. The van der Waals surface area contributed by atoms with Crippen molar-refractivity contribution in [3.63, 3.8) is 0 Å². The first kappa shape index (κ1) is 13.2. The Labute approximate surface area is 98.2 Å². The van der Waals surface area contributed by atoms with Crippen LogP contribution in [0, 0.1) is 5.92 Å². The van der Waals surface area contributed by atoms with Crippen LogP contribution in [0.25, 0.3) is 0 Å². The van der Waals surface area contributed by atoms with Gasteiger partial charge in [-0.1, -0.05) is 46.0 Å². The van der Waals surface area contributed by atoms with Gasteiger partial charge in [-0.05, 0) is 6.42 Å². The molecule has 0 saturated carbocycles. The second-order valence-corrected chi connectivity index (χ2v) is 4.76. The molecule has 0 aliphatic carbocycles. The van der Waals surface area contributed by atoms with Gasteiger partial charge in [0.2, 0.25) is 11.8 Å². The van der Waals surface area contributed by atoms with Crippen molar-refractivity contribution in [2.24, 2.45) is 5.92 Å². The highest BCUT2D eigenvalue weighted by Crippen LogP contribution is 2.19. The van der Waals surface area contributed by atoms with Crippen LogP contribution in [0.1, 0.15) is 58.8 Å². The molecule has 0 spiro atoms. The summed E-state index contributed by atoms with van der Waals surface area (Å²) >= 11 is 0. The maximum Gasteiger partial charge on any atom is 0.232 e. The molecule has 1 aliphatic heterocycles. The molecule has 3 heteroatoms. The smallest absolute Gasteiger partial charge is 0.232 e. The second-order valence-electron chi connectivity index (χ2n) is 4.76. The highest BCUT2D eigenvalue weighted by molar-refractivity contribution is 6.03. The lowest BCUT2D eigenvalue weighted by molar-refractivity contribution is -0.139. The minimum absolute atomic E-state index is 0.0195. The molecular formula is C13H23NO2. The molecule has 1 saturated heterocycles. The quantitative estimate of drug-likeness (QED) is 0.493. The Morgan fingerprint density at radius 1 is 1.12 bits per heavy atom. The molecule has 1 fully saturated rings. The average Bonchev–Trinajstić information content (AvgIpc) is 2.49. The molecule has 92 valence electrons. The van der Waals surface area contributed by atoms with Crippen LogP contribution in [0.15, 0.2) is 0 Å². The van der Waals surface area contributed by atoms with Crippen molar-refractivity contribution in [2.75, 3.05) is 6.54 Å². The maximum atomic E-state index is 11.6. The third-order valence-corrected chi connectivity index (χ3v) is 3.20. The van der Waals surface area contributed by atoms with Crippen LogP contribution in [0.4, 0.5) is 0 Å². The van der Waals surface area contributed by atoms with Crippen molar-refractivity contribution in [3.8, 4) is 0 Å². The molecule has 1 atom stereocenters. The van der Waals surface area contributed by atoms with Gasteiger partial charge in [0.25, 0.3) is 0 Å². The van der Waals surface area contributed by atoms with E-state index in [0.29, 0.717) is 13.0 Å². The zero-order chi connectivity index (χ0) is 12.0. The predicted octanol–water partition coefficient (Wildman–Crippen LogP) is 2.74. The lowest BCUT2D eigenvalue weighted by atomic mass is 10.1. The fourth-order valence-corrected chi connectivity index (χ4v) is 2.13. The average molecular weight is 225 g/mol.